The van der Waals surface area contributed by atoms with Gasteiger partial charge in [-0.1, -0.05) is 0 Å². The van der Waals surface area contributed by atoms with E-state index in [0.717, 1.165) is 25.7 Å². The molecule has 0 radical (unpaired) electrons. The lowest BCUT2D eigenvalue weighted by Crippen LogP contribution is -2.40. The maximum Gasteiger partial charge on any atom is 0.320 e. The Morgan fingerprint density at radius 1 is 1.19 bits per heavy atom. The van der Waals surface area contributed by atoms with Gasteiger partial charge in [0.1, 0.15) is 5.60 Å². The first-order valence-corrected chi connectivity index (χ1v) is 7.55. The maximum atomic E-state index is 11.6. The van der Waals surface area contributed by atoms with Crippen LogP contribution in [0.1, 0.15) is 52.9 Å². The molecule has 0 atom stereocenters. The van der Waals surface area contributed by atoms with Crippen molar-refractivity contribution in [3.05, 3.63) is 0 Å². The van der Waals surface area contributed by atoms with E-state index in [1.165, 1.54) is 0 Å². The summed E-state index contributed by atoms with van der Waals surface area (Å²) >= 11 is 0. The molecule has 1 saturated carbocycles. The second-order valence-electron chi connectivity index (χ2n) is 6.46. The normalized spacial score (nSPS) is 22.8. The predicted molar refractivity (Wildman–Crippen MR) is 78.1 cm³/mol. The van der Waals surface area contributed by atoms with E-state index in [4.69, 9.17) is 14.6 Å². The molecule has 0 aromatic carbocycles. The number of esters is 1. The number of carbonyl (C=O) groups is 2. The molecule has 1 aliphatic carbocycles. The molecule has 1 rings (SSSR count). The molecule has 0 saturated heterocycles. The first-order chi connectivity index (χ1) is 9.76. The van der Waals surface area contributed by atoms with Gasteiger partial charge in [-0.3, -0.25) is 9.59 Å². The van der Waals surface area contributed by atoms with Gasteiger partial charge in [-0.25, -0.2) is 0 Å². The molecular formula is C15H27NO5. The summed E-state index contributed by atoms with van der Waals surface area (Å²) in [5.74, 6) is -1.06. The van der Waals surface area contributed by atoms with Crippen molar-refractivity contribution in [2.45, 2.75) is 70.6 Å². The van der Waals surface area contributed by atoms with Gasteiger partial charge in [0.15, 0.2) is 0 Å². The van der Waals surface area contributed by atoms with Crippen LogP contribution in [0.5, 0.6) is 0 Å². The SMILES string of the molecule is CC(C)(C)OC(=O)CNC1CCC(OCCC(=O)O)CC1. The molecule has 1 fully saturated rings. The van der Waals surface area contributed by atoms with Crippen molar-refractivity contribution in [2.75, 3.05) is 13.2 Å². The zero-order chi connectivity index (χ0) is 15.9. The number of carboxylic acids is 1. The van der Waals surface area contributed by atoms with Crippen LogP contribution >= 0.6 is 0 Å². The van der Waals surface area contributed by atoms with E-state index in [1.807, 2.05) is 20.8 Å². The molecule has 1 aliphatic rings. The highest BCUT2D eigenvalue weighted by Crippen LogP contribution is 2.21. The van der Waals surface area contributed by atoms with E-state index in [1.54, 1.807) is 0 Å². The average Bonchev–Trinajstić information content (AvgIpc) is 2.35. The van der Waals surface area contributed by atoms with Crippen LogP contribution in [0.25, 0.3) is 0 Å². The van der Waals surface area contributed by atoms with E-state index in [2.05, 4.69) is 5.32 Å². The standard InChI is InChI=1S/C15H27NO5/c1-15(2,3)21-14(19)10-16-11-4-6-12(7-5-11)20-9-8-13(17)18/h11-12,16H,4-10H2,1-3H3,(H,17,18). The third kappa shape index (κ3) is 8.67. The molecular weight excluding hydrogens is 274 g/mol. The topological polar surface area (TPSA) is 84.9 Å². The molecule has 122 valence electrons. The van der Waals surface area contributed by atoms with Gasteiger partial charge >= 0.3 is 11.9 Å². The highest BCUT2D eigenvalue weighted by atomic mass is 16.6. The lowest BCUT2D eigenvalue weighted by Gasteiger charge is -2.29. The average molecular weight is 301 g/mol. The fourth-order valence-electron chi connectivity index (χ4n) is 2.35. The van der Waals surface area contributed by atoms with E-state index >= 15 is 0 Å². The van der Waals surface area contributed by atoms with Crippen LogP contribution in [0.2, 0.25) is 0 Å². The summed E-state index contributed by atoms with van der Waals surface area (Å²) in [6.07, 6.45) is 3.85. The molecule has 0 aliphatic heterocycles. The molecule has 6 nitrogen and oxygen atoms in total. The molecule has 0 aromatic heterocycles. The molecule has 0 bridgehead atoms. The van der Waals surface area contributed by atoms with Crippen molar-refractivity contribution < 1.29 is 24.2 Å². The van der Waals surface area contributed by atoms with Crippen molar-refractivity contribution in [1.82, 2.24) is 5.32 Å². The first-order valence-electron chi connectivity index (χ1n) is 7.55. The second kappa shape index (κ2) is 8.34. The van der Waals surface area contributed by atoms with E-state index in [9.17, 15) is 9.59 Å². The van der Waals surface area contributed by atoms with Gasteiger partial charge in [-0.2, -0.15) is 0 Å². The summed E-state index contributed by atoms with van der Waals surface area (Å²) in [6, 6.07) is 0.303. The Morgan fingerprint density at radius 3 is 2.33 bits per heavy atom. The van der Waals surface area contributed by atoms with Crippen LogP contribution in [0.3, 0.4) is 0 Å². The molecule has 6 heteroatoms. The summed E-state index contributed by atoms with van der Waals surface area (Å²) in [5, 5.41) is 11.8. The summed E-state index contributed by atoms with van der Waals surface area (Å²) in [7, 11) is 0. The van der Waals surface area contributed by atoms with Crippen molar-refractivity contribution in [2.24, 2.45) is 0 Å². The van der Waals surface area contributed by atoms with E-state index in [0.29, 0.717) is 6.04 Å². The molecule has 0 heterocycles. The van der Waals surface area contributed by atoms with Gasteiger partial charge < -0.3 is 19.9 Å². The monoisotopic (exact) mass is 301 g/mol. The summed E-state index contributed by atoms with van der Waals surface area (Å²) < 4.78 is 10.8. The lowest BCUT2D eigenvalue weighted by molar-refractivity contribution is -0.153. The largest absolute Gasteiger partial charge is 0.481 e. The van der Waals surface area contributed by atoms with Crippen LogP contribution < -0.4 is 5.32 Å². The van der Waals surface area contributed by atoms with Crippen molar-refractivity contribution >= 4 is 11.9 Å². The van der Waals surface area contributed by atoms with Crippen molar-refractivity contribution in [1.29, 1.82) is 0 Å². The van der Waals surface area contributed by atoms with Crippen molar-refractivity contribution in [3.8, 4) is 0 Å². The molecule has 0 unspecified atom stereocenters. The third-order valence-electron chi connectivity index (χ3n) is 3.30. The minimum Gasteiger partial charge on any atom is -0.481 e. The Hall–Kier alpha value is -1.14. The van der Waals surface area contributed by atoms with Gasteiger partial charge in [0.05, 0.1) is 25.7 Å². The zero-order valence-corrected chi connectivity index (χ0v) is 13.2. The molecule has 0 spiro atoms. The lowest BCUT2D eigenvalue weighted by atomic mass is 9.93. The van der Waals surface area contributed by atoms with Crippen LogP contribution in [0, 0.1) is 0 Å². The number of rotatable bonds is 7. The highest BCUT2D eigenvalue weighted by Gasteiger charge is 2.23. The number of ether oxygens (including phenoxy) is 2. The molecule has 2 N–H and O–H groups in total. The second-order valence-corrected chi connectivity index (χ2v) is 6.46. The first kappa shape index (κ1) is 17.9. The Morgan fingerprint density at radius 2 is 1.81 bits per heavy atom. The minimum atomic E-state index is -0.831. The van der Waals surface area contributed by atoms with E-state index in [-0.39, 0.29) is 31.6 Å². The number of carbonyl (C=O) groups excluding carboxylic acids is 1. The number of aliphatic carboxylic acids is 1. The predicted octanol–water partition coefficient (Wildman–Crippen LogP) is 1.72. The third-order valence-corrected chi connectivity index (χ3v) is 3.30. The van der Waals surface area contributed by atoms with Gasteiger partial charge in [0.25, 0.3) is 0 Å². The van der Waals surface area contributed by atoms with Gasteiger partial charge in [-0.05, 0) is 46.5 Å². The van der Waals surface area contributed by atoms with Crippen LogP contribution in [-0.4, -0.2) is 47.9 Å². The number of carboxylic acid groups (broad SMARTS) is 1. The van der Waals surface area contributed by atoms with Crippen molar-refractivity contribution in [3.63, 3.8) is 0 Å². The highest BCUT2D eigenvalue weighted by molar-refractivity contribution is 5.72. The van der Waals surface area contributed by atoms with E-state index < -0.39 is 11.6 Å². The van der Waals surface area contributed by atoms with Crippen LogP contribution in [0.15, 0.2) is 0 Å². The molecule has 0 amide bonds. The van der Waals surface area contributed by atoms with Crippen LogP contribution in [0.4, 0.5) is 0 Å². The summed E-state index contributed by atoms with van der Waals surface area (Å²) in [6.45, 7) is 6.06. The Kier molecular flexibility index (Phi) is 7.11. The smallest absolute Gasteiger partial charge is 0.320 e. The Labute approximate surface area is 126 Å². The maximum absolute atomic E-state index is 11.6. The molecule has 0 aromatic rings. The summed E-state index contributed by atoms with van der Waals surface area (Å²) in [4.78, 5) is 22.0. The number of hydrogen-bond acceptors (Lipinski definition) is 5. The quantitative estimate of drug-likeness (QED) is 0.697. The van der Waals surface area contributed by atoms with Gasteiger partial charge in [0, 0.05) is 6.04 Å². The Bertz CT molecular complexity index is 342. The number of nitrogens with one attached hydrogen (secondary N) is 1. The minimum absolute atomic E-state index is 0.0524. The van der Waals surface area contributed by atoms with Gasteiger partial charge in [0.2, 0.25) is 0 Å². The van der Waals surface area contributed by atoms with Gasteiger partial charge in [-0.15, -0.1) is 0 Å². The number of hydrogen-bond donors (Lipinski definition) is 2. The zero-order valence-electron chi connectivity index (χ0n) is 13.2. The Balaban J connectivity index is 2.13. The van der Waals surface area contributed by atoms with Crippen LogP contribution in [-0.2, 0) is 19.1 Å². The molecule has 21 heavy (non-hydrogen) atoms. The fraction of sp³-hybridized carbons (Fsp3) is 0.867. The fourth-order valence-corrected chi connectivity index (χ4v) is 2.35. The summed E-state index contributed by atoms with van der Waals surface area (Å²) in [5.41, 5.74) is -0.450.